The molecule has 8 heteroatoms. The summed E-state index contributed by atoms with van der Waals surface area (Å²) in [5.74, 6) is 2.52. The van der Waals surface area contributed by atoms with Crippen molar-refractivity contribution in [1.29, 1.82) is 0 Å². The van der Waals surface area contributed by atoms with E-state index in [0.29, 0.717) is 36.3 Å². The number of hydrogen-bond acceptors (Lipinski definition) is 7. The molecule has 2 aromatic carbocycles. The molecule has 0 aliphatic carbocycles. The van der Waals surface area contributed by atoms with Gasteiger partial charge in [-0.25, -0.2) is 0 Å². The number of aromatic nitrogens is 2. The van der Waals surface area contributed by atoms with Crippen molar-refractivity contribution < 1.29 is 18.8 Å². The number of methoxy groups -OCH3 is 2. The summed E-state index contributed by atoms with van der Waals surface area (Å²) in [5, 5.41) is 4.15. The second kappa shape index (κ2) is 9.85. The maximum Gasteiger partial charge on any atom is 0.241 e. The number of fused-ring (bicyclic) bond motifs is 1. The molecule has 3 heterocycles. The Bertz CT molecular complexity index is 1160. The Kier molecular flexibility index (Phi) is 6.49. The van der Waals surface area contributed by atoms with Crippen LogP contribution in [0.3, 0.4) is 0 Å². The highest BCUT2D eigenvalue weighted by Crippen LogP contribution is 2.32. The number of carbonyl (C=O) groups is 1. The molecule has 1 saturated heterocycles. The SMILES string of the molecule is COc1ccc(-c2noc(CN3CCCC(C(=O)N4CCCc5ccccc54)C3)n2)cc1OC. The summed E-state index contributed by atoms with van der Waals surface area (Å²) in [7, 11) is 3.20. The average molecular weight is 463 g/mol. The van der Waals surface area contributed by atoms with Gasteiger partial charge < -0.3 is 18.9 Å². The van der Waals surface area contributed by atoms with Crippen LogP contribution in [0.2, 0.25) is 0 Å². The van der Waals surface area contributed by atoms with Crippen LogP contribution in [0.15, 0.2) is 47.0 Å². The second-order valence-electron chi connectivity index (χ2n) is 8.88. The highest BCUT2D eigenvalue weighted by atomic mass is 16.5. The van der Waals surface area contributed by atoms with E-state index < -0.39 is 0 Å². The zero-order chi connectivity index (χ0) is 23.5. The number of rotatable bonds is 6. The van der Waals surface area contributed by atoms with Crippen LogP contribution in [0.1, 0.15) is 30.7 Å². The minimum absolute atomic E-state index is 0.0202. The van der Waals surface area contributed by atoms with Crippen molar-refractivity contribution in [3.05, 3.63) is 53.9 Å². The predicted octanol–water partition coefficient (Wildman–Crippen LogP) is 3.95. The minimum Gasteiger partial charge on any atom is -0.493 e. The van der Waals surface area contributed by atoms with Crippen LogP contribution in [-0.4, -0.2) is 54.8 Å². The maximum absolute atomic E-state index is 13.4. The number of hydrogen-bond donors (Lipinski definition) is 0. The molecule has 0 radical (unpaired) electrons. The van der Waals surface area contributed by atoms with Crippen LogP contribution in [0.5, 0.6) is 11.5 Å². The molecule has 1 unspecified atom stereocenters. The fourth-order valence-electron chi connectivity index (χ4n) is 4.99. The van der Waals surface area contributed by atoms with Crippen molar-refractivity contribution in [3.8, 4) is 22.9 Å². The van der Waals surface area contributed by atoms with Crippen LogP contribution < -0.4 is 14.4 Å². The van der Waals surface area contributed by atoms with Gasteiger partial charge in [-0.3, -0.25) is 9.69 Å². The van der Waals surface area contributed by atoms with Gasteiger partial charge in [0.2, 0.25) is 17.6 Å². The molecule has 2 aliphatic rings. The van der Waals surface area contributed by atoms with Crippen LogP contribution in [0, 0.1) is 5.92 Å². The first-order valence-electron chi connectivity index (χ1n) is 11.8. The number of carbonyl (C=O) groups excluding carboxylic acids is 1. The van der Waals surface area contributed by atoms with Crippen LogP contribution in [0.25, 0.3) is 11.4 Å². The summed E-state index contributed by atoms with van der Waals surface area (Å²) >= 11 is 0. The Morgan fingerprint density at radius 2 is 1.94 bits per heavy atom. The van der Waals surface area contributed by atoms with Gasteiger partial charge in [-0.15, -0.1) is 0 Å². The summed E-state index contributed by atoms with van der Waals surface area (Å²) in [6, 6.07) is 13.8. The van der Waals surface area contributed by atoms with E-state index in [0.717, 1.165) is 50.0 Å². The average Bonchev–Trinajstić information content (AvgIpc) is 3.36. The third kappa shape index (κ3) is 4.50. The topological polar surface area (TPSA) is 80.9 Å². The standard InChI is InChI=1S/C26H30N4O4/c1-32-22-12-11-19(15-23(22)33-2)25-27-24(34-28-25)17-29-13-5-9-20(16-29)26(31)30-14-6-8-18-7-3-4-10-21(18)30/h3-4,7,10-12,15,20H,5-6,8-9,13-14,16-17H2,1-2H3. The van der Waals surface area contributed by atoms with Crippen LogP contribution in [-0.2, 0) is 17.8 Å². The van der Waals surface area contributed by atoms with Crippen molar-refractivity contribution >= 4 is 11.6 Å². The third-order valence-corrected chi connectivity index (χ3v) is 6.70. The number of ether oxygens (including phenoxy) is 2. The number of para-hydroxylation sites is 1. The Morgan fingerprint density at radius 1 is 1.09 bits per heavy atom. The molecule has 0 N–H and O–H groups in total. The molecule has 5 rings (SSSR count). The number of anilines is 1. The van der Waals surface area contributed by atoms with Crippen LogP contribution in [0.4, 0.5) is 5.69 Å². The van der Waals surface area contributed by atoms with E-state index >= 15 is 0 Å². The molecule has 0 bridgehead atoms. The molecule has 178 valence electrons. The van der Waals surface area contributed by atoms with Crippen molar-refractivity contribution in [2.75, 3.05) is 38.8 Å². The van der Waals surface area contributed by atoms with E-state index in [1.807, 2.05) is 29.2 Å². The van der Waals surface area contributed by atoms with E-state index in [-0.39, 0.29) is 11.8 Å². The second-order valence-corrected chi connectivity index (χ2v) is 8.88. The zero-order valence-electron chi connectivity index (χ0n) is 19.7. The minimum atomic E-state index is -0.0202. The number of nitrogens with zero attached hydrogens (tertiary/aromatic N) is 4. The molecule has 34 heavy (non-hydrogen) atoms. The van der Waals surface area contributed by atoms with E-state index in [9.17, 15) is 4.79 Å². The molecule has 0 saturated carbocycles. The largest absolute Gasteiger partial charge is 0.493 e. The fourth-order valence-corrected chi connectivity index (χ4v) is 4.99. The van der Waals surface area contributed by atoms with Crippen molar-refractivity contribution in [2.45, 2.75) is 32.2 Å². The third-order valence-electron chi connectivity index (χ3n) is 6.70. The van der Waals surface area contributed by atoms with E-state index in [4.69, 9.17) is 14.0 Å². The number of amides is 1. The molecule has 2 aliphatic heterocycles. The van der Waals surface area contributed by atoms with Gasteiger partial charge in [-0.2, -0.15) is 4.98 Å². The molecule has 1 atom stereocenters. The predicted molar refractivity (Wildman–Crippen MR) is 128 cm³/mol. The first-order chi connectivity index (χ1) is 16.7. The van der Waals surface area contributed by atoms with Crippen molar-refractivity contribution in [1.82, 2.24) is 15.0 Å². The Morgan fingerprint density at radius 3 is 2.79 bits per heavy atom. The van der Waals surface area contributed by atoms with Gasteiger partial charge in [0, 0.05) is 24.3 Å². The van der Waals surface area contributed by atoms with E-state index in [1.54, 1.807) is 14.2 Å². The quantitative estimate of drug-likeness (QED) is 0.549. The summed E-state index contributed by atoms with van der Waals surface area (Å²) in [5.41, 5.74) is 3.14. The lowest BCUT2D eigenvalue weighted by atomic mass is 9.94. The monoisotopic (exact) mass is 462 g/mol. The molecule has 8 nitrogen and oxygen atoms in total. The highest BCUT2D eigenvalue weighted by molar-refractivity contribution is 5.96. The Balaban J connectivity index is 1.25. The molecule has 0 spiro atoms. The van der Waals surface area contributed by atoms with Gasteiger partial charge in [0.05, 0.1) is 26.7 Å². The van der Waals surface area contributed by atoms with Gasteiger partial charge in [0.1, 0.15) is 0 Å². The molecule has 1 fully saturated rings. The molecule has 1 aromatic heterocycles. The van der Waals surface area contributed by atoms with Gasteiger partial charge in [0.15, 0.2) is 11.5 Å². The number of aryl methyl sites for hydroxylation is 1. The molecular weight excluding hydrogens is 432 g/mol. The molecule has 1 amide bonds. The number of benzene rings is 2. The lowest BCUT2D eigenvalue weighted by Crippen LogP contribution is -2.46. The summed E-state index contributed by atoms with van der Waals surface area (Å²) in [6.45, 7) is 2.94. The lowest BCUT2D eigenvalue weighted by Gasteiger charge is -2.36. The van der Waals surface area contributed by atoms with Gasteiger partial charge in [0.25, 0.3) is 0 Å². The van der Waals surface area contributed by atoms with E-state index in [1.165, 1.54) is 5.56 Å². The van der Waals surface area contributed by atoms with Crippen molar-refractivity contribution in [3.63, 3.8) is 0 Å². The number of likely N-dealkylation sites (tertiary alicyclic amines) is 1. The fraction of sp³-hybridized carbons (Fsp3) is 0.423. The first kappa shape index (κ1) is 22.4. The lowest BCUT2D eigenvalue weighted by molar-refractivity contribution is -0.124. The van der Waals surface area contributed by atoms with E-state index in [2.05, 4.69) is 33.2 Å². The van der Waals surface area contributed by atoms with Crippen LogP contribution >= 0.6 is 0 Å². The zero-order valence-corrected chi connectivity index (χ0v) is 19.7. The Hall–Kier alpha value is -3.39. The molecule has 3 aromatic rings. The number of piperidine rings is 1. The van der Waals surface area contributed by atoms with Gasteiger partial charge in [-0.05, 0) is 62.1 Å². The summed E-state index contributed by atoms with van der Waals surface area (Å²) in [4.78, 5) is 22.3. The van der Waals surface area contributed by atoms with Crippen molar-refractivity contribution in [2.24, 2.45) is 5.92 Å². The normalized spacial score (nSPS) is 18.4. The smallest absolute Gasteiger partial charge is 0.241 e. The highest BCUT2D eigenvalue weighted by Gasteiger charge is 2.32. The molecular formula is C26H30N4O4. The Labute approximate surface area is 199 Å². The first-order valence-corrected chi connectivity index (χ1v) is 11.8. The van der Waals surface area contributed by atoms with Gasteiger partial charge in [-0.1, -0.05) is 23.4 Å². The van der Waals surface area contributed by atoms with Gasteiger partial charge >= 0.3 is 0 Å². The summed E-state index contributed by atoms with van der Waals surface area (Å²) < 4.78 is 16.2. The summed E-state index contributed by atoms with van der Waals surface area (Å²) in [6.07, 6.45) is 3.94. The maximum atomic E-state index is 13.4.